The Morgan fingerprint density at radius 2 is 2.00 bits per heavy atom. The minimum absolute atomic E-state index is 0.592. The molecule has 1 aliphatic carbocycles. The van der Waals surface area contributed by atoms with Crippen molar-refractivity contribution in [3.63, 3.8) is 0 Å². The van der Waals surface area contributed by atoms with Gasteiger partial charge in [0.25, 0.3) is 0 Å². The summed E-state index contributed by atoms with van der Waals surface area (Å²) in [5.74, 6) is 2.70. The number of pyridine rings is 1. The van der Waals surface area contributed by atoms with Crippen LogP contribution >= 0.6 is 15.9 Å². The largest absolute Gasteiger partial charge is 0.367 e. The van der Waals surface area contributed by atoms with Crippen LogP contribution in [-0.4, -0.2) is 11.0 Å². The fourth-order valence-corrected chi connectivity index (χ4v) is 2.73. The van der Waals surface area contributed by atoms with Gasteiger partial charge in [-0.05, 0) is 66.1 Å². The van der Waals surface area contributed by atoms with Gasteiger partial charge in [0.2, 0.25) is 0 Å². The Balaban J connectivity index is 1.99. The third-order valence-corrected chi connectivity index (χ3v) is 4.81. The van der Waals surface area contributed by atoms with Gasteiger partial charge in [-0.15, -0.1) is 0 Å². The van der Waals surface area contributed by atoms with E-state index in [2.05, 4.69) is 52.2 Å². The monoisotopic (exact) mass is 296 g/mol. The van der Waals surface area contributed by atoms with Crippen molar-refractivity contribution in [1.29, 1.82) is 0 Å². The fourth-order valence-electron chi connectivity index (χ4n) is 2.51. The van der Waals surface area contributed by atoms with Gasteiger partial charge < -0.3 is 5.32 Å². The standard InChI is InChI=1S/C14H21BrN2/c1-9-4-5-12(8-10(9)2)17-14-7-6-13(15)11(3)16-14/h6-7,9-10,12H,4-5,8H2,1-3H3,(H,16,17). The molecule has 0 amide bonds. The van der Waals surface area contributed by atoms with Gasteiger partial charge in [0, 0.05) is 10.5 Å². The summed E-state index contributed by atoms with van der Waals surface area (Å²) in [6, 6.07) is 4.72. The van der Waals surface area contributed by atoms with E-state index in [1.807, 2.05) is 6.92 Å². The molecule has 2 nitrogen and oxygen atoms in total. The number of hydrogen-bond donors (Lipinski definition) is 1. The van der Waals surface area contributed by atoms with Crippen LogP contribution in [0.15, 0.2) is 16.6 Å². The fraction of sp³-hybridized carbons (Fsp3) is 0.643. The minimum Gasteiger partial charge on any atom is -0.367 e. The summed E-state index contributed by atoms with van der Waals surface area (Å²) in [7, 11) is 0. The van der Waals surface area contributed by atoms with Crippen molar-refractivity contribution >= 4 is 21.7 Å². The highest BCUT2D eigenvalue weighted by Gasteiger charge is 2.24. The van der Waals surface area contributed by atoms with Crippen LogP contribution in [0.3, 0.4) is 0 Å². The van der Waals surface area contributed by atoms with Gasteiger partial charge in [0.1, 0.15) is 5.82 Å². The van der Waals surface area contributed by atoms with E-state index in [0.717, 1.165) is 27.8 Å². The highest BCUT2D eigenvalue weighted by atomic mass is 79.9. The zero-order chi connectivity index (χ0) is 12.4. The third-order valence-electron chi connectivity index (χ3n) is 3.97. The Bertz CT molecular complexity index is 392. The van der Waals surface area contributed by atoms with Crippen LogP contribution in [0, 0.1) is 18.8 Å². The van der Waals surface area contributed by atoms with E-state index in [0.29, 0.717) is 6.04 Å². The molecular formula is C14H21BrN2. The van der Waals surface area contributed by atoms with Gasteiger partial charge >= 0.3 is 0 Å². The predicted octanol–water partition coefficient (Wildman–Crippen LogP) is 4.39. The first-order chi connectivity index (χ1) is 8.06. The molecule has 1 heterocycles. The van der Waals surface area contributed by atoms with Crippen molar-refractivity contribution in [2.75, 3.05) is 5.32 Å². The Morgan fingerprint density at radius 1 is 1.24 bits per heavy atom. The zero-order valence-electron chi connectivity index (χ0n) is 10.8. The smallest absolute Gasteiger partial charge is 0.126 e. The van der Waals surface area contributed by atoms with Gasteiger partial charge in [-0.2, -0.15) is 0 Å². The van der Waals surface area contributed by atoms with E-state index in [-0.39, 0.29) is 0 Å². The first-order valence-electron chi connectivity index (χ1n) is 6.46. The van der Waals surface area contributed by atoms with Crippen molar-refractivity contribution in [3.05, 3.63) is 22.3 Å². The molecular weight excluding hydrogens is 276 g/mol. The SMILES string of the molecule is Cc1nc(NC2CCC(C)C(C)C2)ccc1Br. The van der Waals surface area contributed by atoms with Crippen LogP contribution in [0.25, 0.3) is 0 Å². The van der Waals surface area contributed by atoms with E-state index < -0.39 is 0 Å². The zero-order valence-corrected chi connectivity index (χ0v) is 12.4. The summed E-state index contributed by atoms with van der Waals surface area (Å²) < 4.78 is 1.08. The maximum Gasteiger partial charge on any atom is 0.126 e. The van der Waals surface area contributed by atoms with Crippen LogP contribution < -0.4 is 5.32 Å². The summed E-state index contributed by atoms with van der Waals surface area (Å²) in [6.07, 6.45) is 3.86. The van der Waals surface area contributed by atoms with E-state index in [1.54, 1.807) is 0 Å². The number of aryl methyl sites for hydroxylation is 1. The van der Waals surface area contributed by atoms with E-state index in [4.69, 9.17) is 0 Å². The summed E-state index contributed by atoms with van der Waals surface area (Å²) in [6.45, 7) is 6.75. The molecule has 2 rings (SSSR count). The summed E-state index contributed by atoms with van der Waals surface area (Å²) >= 11 is 3.48. The van der Waals surface area contributed by atoms with Gasteiger partial charge in [-0.25, -0.2) is 4.98 Å². The molecule has 3 atom stereocenters. The predicted molar refractivity (Wildman–Crippen MR) is 76.3 cm³/mol. The van der Waals surface area contributed by atoms with Crippen molar-refractivity contribution in [3.8, 4) is 0 Å². The lowest BCUT2D eigenvalue weighted by molar-refractivity contribution is 0.260. The lowest BCUT2D eigenvalue weighted by Crippen LogP contribution is -2.30. The molecule has 1 fully saturated rings. The summed E-state index contributed by atoms with van der Waals surface area (Å²) in [4.78, 5) is 4.55. The molecule has 1 saturated carbocycles. The average molecular weight is 297 g/mol. The van der Waals surface area contributed by atoms with Crippen molar-refractivity contribution in [1.82, 2.24) is 4.98 Å². The van der Waals surface area contributed by atoms with Crippen molar-refractivity contribution in [2.24, 2.45) is 11.8 Å². The van der Waals surface area contributed by atoms with Crippen molar-refractivity contribution in [2.45, 2.75) is 46.1 Å². The molecule has 3 unspecified atom stereocenters. The Labute approximate surface area is 112 Å². The van der Waals surface area contributed by atoms with Gasteiger partial charge in [0.05, 0.1) is 5.69 Å². The number of rotatable bonds is 2. The highest BCUT2D eigenvalue weighted by molar-refractivity contribution is 9.10. The number of halogens is 1. The Morgan fingerprint density at radius 3 is 2.65 bits per heavy atom. The third kappa shape index (κ3) is 3.21. The second-order valence-electron chi connectivity index (χ2n) is 5.37. The molecule has 0 aliphatic heterocycles. The van der Waals surface area contributed by atoms with Gasteiger partial charge in [-0.3, -0.25) is 0 Å². The minimum atomic E-state index is 0.592. The highest BCUT2D eigenvalue weighted by Crippen LogP contribution is 2.31. The molecule has 3 heteroatoms. The topological polar surface area (TPSA) is 24.9 Å². The van der Waals surface area contributed by atoms with E-state index in [9.17, 15) is 0 Å². The molecule has 0 saturated heterocycles. The van der Waals surface area contributed by atoms with Crippen LogP contribution in [0.5, 0.6) is 0 Å². The lowest BCUT2D eigenvalue weighted by Gasteiger charge is -2.32. The second-order valence-corrected chi connectivity index (χ2v) is 6.23. The maximum absolute atomic E-state index is 4.55. The van der Waals surface area contributed by atoms with Crippen LogP contribution in [-0.2, 0) is 0 Å². The second kappa shape index (κ2) is 5.38. The first kappa shape index (κ1) is 12.9. The molecule has 0 spiro atoms. The lowest BCUT2D eigenvalue weighted by atomic mass is 9.79. The first-order valence-corrected chi connectivity index (χ1v) is 7.25. The number of hydrogen-bond acceptors (Lipinski definition) is 2. The van der Waals surface area contributed by atoms with Gasteiger partial charge in [-0.1, -0.05) is 13.8 Å². The molecule has 1 aliphatic rings. The van der Waals surface area contributed by atoms with Gasteiger partial charge in [0.15, 0.2) is 0 Å². The Hall–Kier alpha value is -0.570. The number of nitrogens with one attached hydrogen (secondary N) is 1. The molecule has 1 aromatic heterocycles. The molecule has 17 heavy (non-hydrogen) atoms. The van der Waals surface area contributed by atoms with Crippen LogP contribution in [0.4, 0.5) is 5.82 Å². The van der Waals surface area contributed by atoms with E-state index in [1.165, 1.54) is 19.3 Å². The maximum atomic E-state index is 4.55. The molecule has 94 valence electrons. The van der Waals surface area contributed by atoms with Crippen molar-refractivity contribution < 1.29 is 0 Å². The van der Waals surface area contributed by atoms with E-state index >= 15 is 0 Å². The number of aromatic nitrogens is 1. The quantitative estimate of drug-likeness (QED) is 0.875. The molecule has 1 aromatic rings. The molecule has 0 radical (unpaired) electrons. The number of anilines is 1. The molecule has 0 bridgehead atoms. The van der Waals surface area contributed by atoms with Crippen LogP contribution in [0.2, 0.25) is 0 Å². The summed E-state index contributed by atoms with van der Waals surface area (Å²) in [5, 5.41) is 3.57. The molecule has 0 aromatic carbocycles. The summed E-state index contributed by atoms with van der Waals surface area (Å²) in [5.41, 5.74) is 1.05. The average Bonchev–Trinajstić information content (AvgIpc) is 2.29. The number of nitrogens with zero attached hydrogens (tertiary/aromatic N) is 1. The normalized spacial score (nSPS) is 29.1. The molecule has 1 N–H and O–H groups in total. The Kier molecular flexibility index (Phi) is 4.08. The van der Waals surface area contributed by atoms with Crippen LogP contribution in [0.1, 0.15) is 38.8 Å².